The number of fused-ring (bicyclic) bond motifs is 1. The smallest absolute Gasteiger partial charge is 0.253 e. The van der Waals surface area contributed by atoms with Gasteiger partial charge in [0.25, 0.3) is 5.91 Å². The molecule has 1 aromatic heterocycles. The van der Waals surface area contributed by atoms with Crippen LogP contribution >= 0.6 is 11.6 Å². The van der Waals surface area contributed by atoms with Crippen molar-refractivity contribution in [3.8, 4) is 11.5 Å². The number of Topliss-reactive ketones (excluding diaryl/α,β-unsaturated/α-hetero) is 1. The molecule has 1 fully saturated rings. The Kier molecular flexibility index (Phi) is 8.82. The Morgan fingerprint density at radius 1 is 0.975 bits per heavy atom. The third-order valence-corrected chi connectivity index (χ3v) is 7.81. The number of halogens is 1. The molecule has 2 heterocycles. The van der Waals surface area contributed by atoms with Crippen LogP contribution < -0.4 is 4.74 Å². The molecule has 0 unspecified atom stereocenters. The number of carbonyl (C=O) groups excluding carboxylic acids is 2. The highest BCUT2D eigenvalue weighted by Crippen LogP contribution is 2.27. The summed E-state index contributed by atoms with van der Waals surface area (Å²) in [5.74, 6) is 1.98. The molecule has 1 saturated heterocycles. The number of amides is 1. The van der Waals surface area contributed by atoms with Gasteiger partial charge in [-0.05, 0) is 98.3 Å². The minimum Gasteiger partial charge on any atom is -0.457 e. The van der Waals surface area contributed by atoms with Crippen LogP contribution in [0.2, 0.25) is 5.02 Å². The third kappa shape index (κ3) is 6.54. The van der Waals surface area contributed by atoms with Gasteiger partial charge in [-0.3, -0.25) is 14.3 Å². The molecule has 0 bridgehead atoms. The van der Waals surface area contributed by atoms with E-state index in [0.29, 0.717) is 54.1 Å². The molecule has 0 N–H and O–H groups in total. The van der Waals surface area contributed by atoms with E-state index in [0.717, 1.165) is 47.8 Å². The van der Waals surface area contributed by atoms with Gasteiger partial charge < -0.3 is 14.4 Å². The highest BCUT2D eigenvalue weighted by atomic mass is 35.5. The summed E-state index contributed by atoms with van der Waals surface area (Å²) >= 11 is 5.93. The lowest BCUT2D eigenvalue weighted by Gasteiger charge is -2.32. The van der Waals surface area contributed by atoms with Crippen molar-refractivity contribution in [3.05, 3.63) is 88.6 Å². The van der Waals surface area contributed by atoms with E-state index >= 15 is 0 Å². The van der Waals surface area contributed by atoms with Crippen molar-refractivity contribution >= 4 is 34.2 Å². The maximum absolute atomic E-state index is 13.1. The first-order chi connectivity index (χ1) is 19.4. The van der Waals surface area contributed by atoms with Crippen LogP contribution in [0.15, 0.2) is 66.9 Å². The quantitative estimate of drug-likeness (QED) is 0.155. The molecule has 208 valence electrons. The first kappa shape index (κ1) is 27.9. The van der Waals surface area contributed by atoms with Crippen molar-refractivity contribution in [2.45, 2.75) is 39.2 Å². The monoisotopic (exact) mass is 559 g/mol. The molecule has 1 aliphatic rings. The van der Waals surface area contributed by atoms with Gasteiger partial charge in [-0.25, -0.2) is 0 Å². The molecule has 3 aromatic carbocycles. The predicted molar refractivity (Wildman–Crippen MR) is 157 cm³/mol. The molecule has 0 spiro atoms. The Balaban J connectivity index is 1.15. The number of likely N-dealkylation sites (tertiary alicyclic amines) is 1. The number of benzene rings is 3. The van der Waals surface area contributed by atoms with Crippen molar-refractivity contribution in [1.29, 1.82) is 0 Å². The SMILES string of the molecule is COCCCC(=O)c1ccc2nn(CC3CCN(C(=O)c4ccc(Oc5ccc(Cl)cc5)cc4)CC3)cc2c1C. The number of methoxy groups -OCH3 is 1. The van der Waals surface area contributed by atoms with Crippen molar-refractivity contribution < 1.29 is 19.1 Å². The minimum atomic E-state index is 0.0413. The highest BCUT2D eigenvalue weighted by molar-refractivity contribution is 6.30. The van der Waals surface area contributed by atoms with E-state index in [9.17, 15) is 9.59 Å². The Morgan fingerprint density at radius 2 is 1.65 bits per heavy atom. The summed E-state index contributed by atoms with van der Waals surface area (Å²) in [5, 5.41) is 6.45. The van der Waals surface area contributed by atoms with Gasteiger partial charge in [0, 0.05) is 67.5 Å². The number of ketones is 1. The zero-order valence-corrected chi connectivity index (χ0v) is 23.7. The summed E-state index contributed by atoms with van der Waals surface area (Å²) in [6.45, 7) is 4.81. The maximum Gasteiger partial charge on any atom is 0.253 e. The van der Waals surface area contributed by atoms with Crippen LogP contribution in [0, 0.1) is 12.8 Å². The van der Waals surface area contributed by atoms with E-state index in [1.165, 1.54) is 0 Å². The molecule has 40 heavy (non-hydrogen) atoms. The lowest BCUT2D eigenvalue weighted by Crippen LogP contribution is -2.39. The minimum absolute atomic E-state index is 0.0413. The zero-order valence-electron chi connectivity index (χ0n) is 22.9. The molecule has 0 saturated carbocycles. The van der Waals surface area contributed by atoms with Crippen LogP contribution in [-0.2, 0) is 11.3 Å². The van der Waals surface area contributed by atoms with Crippen molar-refractivity contribution in [2.75, 3.05) is 26.8 Å². The lowest BCUT2D eigenvalue weighted by atomic mass is 9.96. The molecule has 0 atom stereocenters. The van der Waals surface area contributed by atoms with Gasteiger partial charge in [0.05, 0.1) is 5.52 Å². The van der Waals surface area contributed by atoms with Gasteiger partial charge in [-0.2, -0.15) is 5.10 Å². The van der Waals surface area contributed by atoms with Gasteiger partial charge in [-0.15, -0.1) is 0 Å². The van der Waals surface area contributed by atoms with Crippen molar-refractivity contribution in [3.63, 3.8) is 0 Å². The second-order valence-corrected chi connectivity index (χ2v) is 10.8. The Morgan fingerprint density at radius 3 is 2.33 bits per heavy atom. The number of ether oxygens (including phenoxy) is 2. The third-order valence-electron chi connectivity index (χ3n) is 7.56. The number of rotatable bonds is 10. The molecule has 5 rings (SSSR count). The van der Waals surface area contributed by atoms with E-state index in [4.69, 9.17) is 26.2 Å². The fourth-order valence-electron chi connectivity index (χ4n) is 5.26. The molecular formula is C32H34ClN3O4. The van der Waals surface area contributed by atoms with Gasteiger partial charge in [0.1, 0.15) is 11.5 Å². The fourth-order valence-corrected chi connectivity index (χ4v) is 5.38. The lowest BCUT2D eigenvalue weighted by molar-refractivity contribution is 0.0681. The van der Waals surface area contributed by atoms with E-state index in [1.54, 1.807) is 19.2 Å². The number of aryl methyl sites for hydroxylation is 1. The van der Waals surface area contributed by atoms with Gasteiger partial charge in [0.15, 0.2) is 5.78 Å². The molecule has 0 aliphatic carbocycles. The molecule has 4 aromatic rings. The van der Waals surface area contributed by atoms with Gasteiger partial charge in [-0.1, -0.05) is 11.6 Å². The summed E-state index contributed by atoms with van der Waals surface area (Å²) < 4.78 is 12.9. The Labute approximate surface area is 239 Å². The van der Waals surface area contributed by atoms with Crippen LogP contribution in [0.5, 0.6) is 11.5 Å². The summed E-state index contributed by atoms with van der Waals surface area (Å²) in [6, 6.07) is 18.3. The van der Waals surface area contributed by atoms with Crippen LogP contribution in [0.3, 0.4) is 0 Å². The average Bonchev–Trinajstić information content (AvgIpc) is 3.38. The Bertz CT molecular complexity index is 1470. The maximum atomic E-state index is 13.1. The second kappa shape index (κ2) is 12.7. The number of carbonyl (C=O) groups is 2. The van der Waals surface area contributed by atoms with Crippen molar-refractivity contribution in [1.82, 2.24) is 14.7 Å². The number of nitrogens with zero attached hydrogens (tertiary/aromatic N) is 3. The molecular weight excluding hydrogens is 526 g/mol. The number of hydrogen-bond acceptors (Lipinski definition) is 5. The first-order valence-corrected chi connectivity index (χ1v) is 14.1. The highest BCUT2D eigenvalue weighted by Gasteiger charge is 2.24. The van der Waals surface area contributed by atoms with Crippen LogP contribution in [0.25, 0.3) is 10.9 Å². The molecule has 1 aliphatic heterocycles. The zero-order chi connectivity index (χ0) is 28.1. The molecule has 1 amide bonds. The largest absolute Gasteiger partial charge is 0.457 e. The van der Waals surface area contributed by atoms with Gasteiger partial charge in [0.2, 0.25) is 0 Å². The normalized spacial score (nSPS) is 14.0. The molecule has 0 radical (unpaired) electrons. The number of aromatic nitrogens is 2. The van der Waals surface area contributed by atoms with E-state index in [1.807, 2.05) is 65.0 Å². The first-order valence-electron chi connectivity index (χ1n) is 13.7. The van der Waals surface area contributed by atoms with E-state index in [-0.39, 0.29) is 11.7 Å². The van der Waals surface area contributed by atoms with Crippen LogP contribution in [0.4, 0.5) is 0 Å². The summed E-state index contributed by atoms with van der Waals surface area (Å²) in [7, 11) is 1.65. The summed E-state index contributed by atoms with van der Waals surface area (Å²) in [4.78, 5) is 27.7. The topological polar surface area (TPSA) is 73.7 Å². The van der Waals surface area contributed by atoms with Crippen molar-refractivity contribution in [2.24, 2.45) is 5.92 Å². The average molecular weight is 560 g/mol. The number of piperidine rings is 1. The standard InChI is InChI=1S/C32H34ClN3O4/c1-22-28(31(37)4-3-19-39-2)13-14-30-29(22)21-36(34-30)20-23-15-17-35(18-16-23)32(38)24-5-9-26(10-6-24)40-27-11-7-25(33)8-12-27/h5-14,21,23H,3-4,15-20H2,1-2H3. The van der Waals surface area contributed by atoms with E-state index < -0.39 is 0 Å². The summed E-state index contributed by atoms with van der Waals surface area (Å²) in [5.41, 5.74) is 3.31. The molecule has 7 nitrogen and oxygen atoms in total. The second-order valence-electron chi connectivity index (χ2n) is 10.4. The van der Waals surface area contributed by atoms with Gasteiger partial charge >= 0.3 is 0 Å². The van der Waals surface area contributed by atoms with Crippen LogP contribution in [0.1, 0.15) is 52.0 Å². The predicted octanol–water partition coefficient (Wildman–Crippen LogP) is 6.95. The Hall–Kier alpha value is -3.68. The van der Waals surface area contributed by atoms with E-state index in [2.05, 4.69) is 6.20 Å². The van der Waals surface area contributed by atoms with Crippen LogP contribution in [-0.4, -0.2) is 53.2 Å². The fraction of sp³-hybridized carbons (Fsp3) is 0.344. The number of hydrogen-bond donors (Lipinski definition) is 0. The molecule has 8 heteroatoms. The summed E-state index contributed by atoms with van der Waals surface area (Å²) in [6.07, 6.45) is 5.09.